The van der Waals surface area contributed by atoms with Crippen molar-refractivity contribution in [2.24, 2.45) is 0 Å². The average Bonchev–Trinajstić information content (AvgIpc) is 2.46. The minimum atomic E-state index is 0.219. The van der Waals surface area contributed by atoms with Crippen LogP contribution in [0.3, 0.4) is 0 Å². The standard InChI is InChI=1S/C15H15N5/c1-9-5-3-4-6-10(9)12-8-7-11-13(17-2)19-15(16)20-14(11)18-12/h3-8H,1-2H3,(H3,16,17,18,19,20). The summed E-state index contributed by atoms with van der Waals surface area (Å²) in [6.45, 7) is 2.06. The Kier molecular flexibility index (Phi) is 2.95. The third kappa shape index (κ3) is 2.03. The molecule has 0 amide bonds. The van der Waals surface area contributed by atoms with E-state index in [1.165, 1.54) is 5.56 Å². The number of fused-ring (bicyclic) bond motifs is 1. The van der Waals surface area contributed by atoms with Crippen molar-refractivity contribution in [1.82, 2.24) is 15.0 Å². The number of aryl methyl sites for hydroxylation is 1. The molecule has 100 valence electrons. The zero-order valence-electron chi connectivity index (χ0n) is 11.4. The van der Waals surface area contributed by atoms with E-state index in [1.807, 2.05) is 30.3 Å². The number of rotatable bonds is 2. The van der Waals surface area contributed by atoms with Gasteiger partial charge in [-0.25, -0.2) is 4.98 Å². The molecule has 0 saturated carbocycles. The number of pyridine rings is 1. The molecule has 0 aliphatic heterocycles. The van der Waals surface area contributed by atoms with Gasteiger partial charge in [0.1, 0.15) is 5.82 Å². The molecule has 0 aliphatic carbocycles. The fourth-order valence-electron chi connectivity index (χ4n) is 2.23. The van der Waals surface area contributed by atoms with Crippen LogP contribution in [0.4, 0.5) is 11.8 Å². The van der Waals surface area contributed by atoms with Crippen molar-refractivity contribution in [3.05, 3.63) is 42.0 Å². The van der Waals surface area contributed by atoms with Gasteiger partial charge in [-0.3, -0.25) is 0 Å². The van der Waals surface area contributed by atoms with Crippen molar-refractivity contribution < 1.29 is 0 Å². The number of anilines is 2. The Hall–Kier alpha value is -2.69. The van der Waals surface area contributed by atoms with E-state index in [2.05, 4.69) is 33.3 Å². The molecule has 0 fully saturated rings. The normalized spacial score (nSPS) is 10.7. The van der Waals surface area contributed by atoms with Crippen LogP contribution in [0.25, 0.3) is 22.3 Å². The largest absolute Gasteiger partial charge is 0.372 e. The first-order chi connectivity index (χ1) is 9.69. The maximum atomic E-state index is 5.72. The molecular weight excluding hydrogens is 250 g/mol. The maximum Gasteiger partial charge on any atom is 0.224 e. The van der Waals surface area contributed by atoms with Gasteiger partial charge in [0.15, 0.2) is 5.65 Å². The SMILES string of the molecule is CNc1nc(N)nc2nc(-c3ccccc3C)ccc12. The van der Waals surface area contributed by atoms with Crippen LogP contribution in [0.15, 0.2) is 36.4 Å². The van der Waals surface area contributed by atoms with Crippen molar-refractivity contribution in [3.8, 4) is 11.3 Å². The van der Waals surface area contributed by atoms with E-state index in [0.717, 1.165) is 16.6 Å². The number of aromatic nitrogens is 3. The van der Waals surface area contributed by atoms with E-state index in [4.69, 9.17) is 5.73 Å². The Bertz CT molecular complexity index is 782. The van der Waals surface area contributed by atoms with Gasteiger partial charge in [-0.1, -0.05) is 24.3 Å². The zero-order valence-corrected chi connectivity index (χ0v) is 11.4. The van der Waals surface area contributed by atoms with Crippen molar-refractivity contribution >= 4 is 22.8 Å². The molecule has 3 N–H and O–H groups in total. The highest BCUT2D eigenvalue weighted by Gasteiger charge is 2.09. The van der Waals surface area contributed by atoms with Crippen LogP contribution in [0.1, 0.15) is 5.56 Å². The van der Waals surface area contributed by atoms with Crippen LogP contribution >= 0.6 is 0 Å². The fourth-order valence-corrected chi connectivity index (χ4v) is 2.23. The summed E-state index contributed by atoms with van der Waals surface area (Å²) in [5.74, 6) is 0.910. The molecule has 0 unspecified atom stereocenters. The summed E-state index contributed by atoms with van der Waals surface area (Å²) in [4.78, 5) is 13.0. The highest BCUT2D eigenvalue weighted by Crippen LogP contribution is 2.25. The van der Waals surface area contributed by atoms with Crippen LogP contribution < -0.4 is 11.1 Å². The third-order valence-corrected chi connectivity index (χ3v) is 3.23. The molecule has 1 aromatic carbocycles. The molecule has 0 radical (unpaired) electrons. The lowest BCUT2D eigenvalue weighted by molar-refractivity contribution is 1.19. The summed E-state index contributed by atoms with van der Waals surface area (Å²) < 4.78 is 0. The average molecular weight is 265 g/mol. The van der Waals surface area contributed by atoms with E-state index in [-0.39, 0.29) is 5.95 Å². The lowest BCUT2D eigenvalue weighted by Gasteiger charge is -2.08. The summed E-state index contributed by atoms with van der Waals surface area (Å²) in [5, 5.41) is 3.87. The Balaban J connectivity index is 2.23. The van der Waals surface area contributed by atoms with Gasteiger partial charge in [0.25, 0.3) is 0 Å². The highest BCUT2D eigenvalue weighted by molar-refractivity contribution is 5.89. The van der Waals surface area contributed by atoms with Crippen LogP contribution in [0.5, 0.6) is 0 Å². The topological polar surface area (TPSA) is 76.7 Å². The second kappa shape index (κ2) is 4.77. The first-order valence-electron chi connectivity index (χ1n) is 6.37. The quantitative estimate of drug-likeness (QED) is 0.744. The van der Waals surface area contributed by atoms with Crippen LogP contribution in [0, 0.1) is 6.92 Å². The number of hydrogen-bond donors (Lipinski definition) is 2. The predicted octanol–water partition coefficient (Wildman–Crippen LogP) is 2.62. The van der Waals surface area contributed by atoms with Gasteiger partial charge in [0.2, 0.25) is 5.95 Å². The van der Waals surface area contributed by atoms with E-state index < -0.39 is 0 Å². The number of nitrogen functional groups attached to an aromatic ring is 1. The molecule has 0 bridgehead atoms. The number of benzene rings is 1. The number of nitrogens with one attached hydrogen (secondary N) is 1. The second-order valence-electron chi connectivity index (χ2n) is 4.56. The molecule has 0 aliphatic rings. The lowest BCUT2D eigenvalue weighted by atomic mass is 10.1. The summed E-state index contributed by atoms with van der Waals surface area (Å²) >= 11 is 0. The predicted molar refractivity (Wildman–Crippen MR) is 81.5 cm³/mol. The molecule has 5 nitrogen and oxygen atoms in total. The second-order valence-corrected chi connectivity index (χ2v) is 4.56. The Morgan fingerprint density at radius 3 is 2.55 bits per heavy atom. The van der Waals surface area contributed by atoms with E-state index in [1.54, 1.807) is 7.05 Å². The smallest absolute Gasteiger partial charge is 0.224 e. The molecule has 3 rings (SSSR count). The summed E-state index contributed by atoms with van der Waals surface area (Å²) in [6, 6.07) is 12.1. The minimum Gasteiger partial charge on any atom is -0.372 e. The van der Waals surface area contributed by atoms with Gasteiger partial charge in [0.05, 0.1) is 11.1 Å². The van der Waals surface area contributed by atoms with E-state index in [9.17, 15) is 0 Å². The number of hydrogen-bond acceptors (Lipinski definition) is 5. The van der Waals surface area contributed by atoms with Gasteiger partial charge in [0, 0.05) is 12.6 Å². The third-order valence-electron chi connectivity index (χ3n) is 3.23. The van der Waals surface area contributed by atoms with Crippen molar-refractivity contribution in [2.75, 3.05) is 18.1 Å². The summed E-state index contributed by atoms with van der Waals surface area (Å²) in [5.41, 5.74) is 9.47. The molecule has 2 aromatic heterocycles. The molecule has 5 heteroatoms. The lowest BCUT2D eigenvalue weighted by Crippen LogP contribution is -2.02. The molecule has 0 atom stereocenters. The first kappa shape index (κ1) is 12.3. The molecule has 3 aromatic rings. The van der Waals surface area contributed by atoms with Gasteiger partial charge >= 0.3 is 0 Å². The van der Waals surface area contributed by atoms with Gasteiger partial charge < -0.3 is 11.1 Å². The number of nitrogens with zero attached hydrogens (tertiary/aromatic N) is 3. The highest BCUT2D eigenvalue weighted by atomic mass is 15.1. The fraction of sp³-hybridized carbons (Fsp3) is 0.133. The van der Waals surface area contributed by atoms with Gasteiger partial charge in [-0.05, 0) is 24.6 Å². The molecule has 20 heavy (non-hydrogen) atoms. The number of nitrogens with two attached hydrogens (primary N) is 1. The van der Waals surface area contributed by atoms with E-state index in [0.29, 0.717) is 11.5 Å². The molecule has 2 heterocycles. The van der Waals surface area contributed by atoms with Crippen molar-refractivity contribution in [2.45, 2.75) is 6.92 Å². The van der Waals surface area contributed by atoms with Gasteiger partial charge in [-0.15, -0.1) is 0 Å². The Labute approximate surface area is 116 Å². The van der Waals surface area contributed by atoms with E-state index >= 15 is 0 Å². The maximum absolute atomic E-state index is 5.72. The monoisotopic (exact) mass is 265 g/mol. The minimum absolute atomic E-state index is 0.219. The summed E-state index contributed by atoms with van der Waals surface area (Å²) in [7, 11) is 1.80. The van der Waals surface area contributed by atoms with Crippen LogP contribution in [-0.4, -0.2) is 22.0 Å². The van der Waals surface area contributed by atoms with Crippen LogP contribution in [-0.2, 0) is 0 Å². The van der Waals surface area contributed by atoms with Crippen LogP contribution in [0.2, 0.25) is 0 Å². The zero-order chi connectivity index (χ0) is 14.1. The molecule has 0 spiro atoms. The van der Waals surface area contributed by atoms with Gasteiger partial charge in [-0.2, -0.15) is 9.97 Å². The Morgan fingerprint density at radius 1 is 1.00 bits per heavy atom. The van der Waals surface area contributed by atoms with Crippen molar-refractivity contribution in [1.29, 1.82) is 0 Å². The molecule has 0 saturated heterocycles. The first-order valence-corrected chi connectivity index (χ1v) is 6.37. The summed E-state index contributed by atoms with van der Waals surface area (Å²) in [6.07, 6.45) is 0. The van der Waals surface area contributed by atoms with Crippen molar-refractivity contribution in [3.63, 3.8) is 0 Å². The Morgan fingerprint density at radius 2 is 1.80 bits per heavy atom. The molecular formula is C15H15N5.